The largest absolute Gasteiger partial charge is 0.379 e. The molecule has 1 atom stereocenters. The van der Waals surface area contributed by atoms with E-state index in [-0.39, 0.29) is 30.0 Å². The Labute approximate surface area is 228 Å². The maximum atomic E-state index is 13.9. The van der Waals surface area contributed by atoms with Crippen molar-refractivity contribution in [3.8, 4) is 11.4 Å². The molecular weight excluding hydrogens is 501 g/mol. The Morgan fingerprint density at radius 3 is 2.38 bits per heavy atom. The number of amides is 2. The lowest BCUT2D eigenvalue weighted by Crippen LogP contribution is -2.52. The Hall–Kier alpha value is -3.70. The highest BCUT2D eigenvalue weighted by molar-refractivity contribution is 5.89. The summed E-state index contributed by atoms with van der Waals surface area (Å²) in [6, 6.07) is 12.5. The zero-order chi connectivity index (χ0) is 28.0. The van der Waals surface area contributed by atoms with E-state index in [2.05, 4.69) is 25.6 Å². The molecule has 0 bridgehead atoms. The lowest BCUT2D eigenvalue weighted by molar-refractivity contribution is -0.142. The van der Waals surface area contributed by atoms with Gasteiger partial charge in [0.25, 0.3) is 0 Å². The number of morpholine rings is 1. The van der Waals surface area contributed by atoms with E-state index in [1.54, 1.807) is 17.0 Å². The molecule has 11 heteroatoms. The molecule has 0 saturated carbocycles. The van der Waals surface area contributed by atoms with Crippen LogP contribution in [-0.2, 0) is 20.9 Å². The highest BCUT2D eigenvalue weighted by Crippen LogP contribution is 2.24. The Bertz CT molecular complexity index is 1250. The average Bonchev–Trinajstić information content (AvgIpc) is 3.35. The predicted molar refractivity (Wildman–Crippen MR) is 144 cm³/mol. The van der Waals surface area contributed by atoms with E-state index < -0.39 is 11.6 Å². The summed E-state index contributed by atoms with van der Waals surface area (Å²) < 4.78 is 18.8. The number of hydrogen-bond acceptors (Lipinski definition) is 7. The number of aromatic nitrogens is 4. The van der Waals surface area contributed by atoms with Gasteiger partial charge >= 0.3 is 0 Å². The molecule has 0 aliphatic carbocycles. The first-order valence-corrected chi connectivity index (χ1v) is 13.1. The van der Waals surface area contributed by atoms with E-state index in [0.717, 1.165) is 24.2 Å². The molecule has 1 fully saturated rings. The second kappa shape index (κ2) is 12.4. The fourth-order valence-corrected chi connectivity index (χ4v) is 4.37. The number of rotatable bonds is 9. The van der Waals surface area contributed by atoms with Crippen LogP contribution in [0.15, 0.2) is 48.5 Å². The molecular formula is C28H36FN7O3. The van der Waals surface area contributed by atoms with Gasteiger partial charge in [-0.2, -0.15) is 4.80 Å². The Balaban J connectivity index is 1.62. The summed E-state index contributed by atoms with van der Waals surface area (Å²) in [4.78, 5) is 32.6. The first kappa shape index (κ1) is 28.3. The van der Waals surface area contributed by atoms with Crippen LogP contribution in [0.2, 0.25) is 0 Å². The van der Waals surface area contributed by atoms with Crippen molar-refractivity contribution in [3.05, 3.63) is 65.5 Å². The number of nitrogens with zero attached hydrogens (tertiary/aromatic N) is 6. The minimum absolute atomic E-state index is 0.206. The van der Waals surface area contributed by atoms with Crippen LogP contribution in [0.5, 0.6) is 0 Å². The standard InChI is InChI=1S/C28H36FN7O3/c1-20-5-7-21(8-6-20)25(27(38)30-28(2,3)4)35(14-13-34-15-17-39-18-16-34)24(37)19-36-32-26(31-33-36)22-9-11-23(29)12-10-22/h5-12,25H,13-19H2,1-4H3,(H,30,38). The van der Waals surface area contributed by atoms with E-state index in [4.69, 9.17) is 4.74 Å². The number of nitrogens with one attached hydrogen (secondary N) is 1. The van der Waals surface area contributed by atoms with Crippen LogP contribution >= 0.6 is 0 Å². The zero-order valence-electron chi connectivity index (χ0n) is 22.9. The number of benzene rings is 2. The van der Waals surface area contributed by atoms with Gasteiger partial charge in [0.1, 0.15) is 18.4 Å². The molecule has 1 N–H and O–H groups in total. The first-order chi connectivity index (χ1) is 18.6. The third kappa shape index (κ3) is 7.90. The van der Waals surface area contributed by atoms with Gasteiger partial charge in [-0.05, 0) is 62.7 Å². The summed E-state index contributed by atoms with van der Waals surface area (Å²) in [5.74, 6) is -0.669. The Morgan fingerprint density at radius 2 is 1.74 bits per heavy atom. The minimum atomic E-state index is -0.849. The van der Waals surface area contributed by atoms with Crippen LogP contribution in [0.1, 0.15) is 37.9 Å². The van der Waals surface area contributed by atoms with Crippen LogP contribution in [0.25, 0.3) is 11.4 Å². The molecule has 1 aromatic heterocycles. The second-order valence-corrected chi connectivity index (χ2v) is 10.7. The van der Waals surface area contributed by atoms with Crippen molar-refractivity contribution in [2.24, 2.45) is 0 Å². The number of ether oxygens (including phenoxy) is 1. The van der Waals surface area contributed by atoms with Gasteiger partial charge in [-0.1, -0.05) is 29.8 Å². The van der Waals surface area contributed by atoms with Gasteiger partial charge < -0.3 is 15.0 Å². The summed E-state index contributed by atoms with van der Waals surface area (Å²) in [5.41, 5.74) is 1.87. The third-order valence-corrected chi connectivity index (χ3v) is 6.36. The maximum absolute atomic E-state index is 13.9. The van der Waals surface area contributed by atoms with E-state index in [1.807, 2.05) is 52.0 Å². The van der Waals surface area contributed by atoms with Crippen molar-refractivity contribution >= 4 is 11.8 Å². The molecule has 2 aromatic carbocycles. The van der Waals surface area contributed by atoms with Crippen molar-refractivity contribution < 1.29 is 18.7 Å². The topological polar surface area (TPSA) is 105 Å². The molecule has 0 radical (unpaired) electrons. The van der Waals surface area contributed by atoms with Crippen molar-refractivity contribution in [2.45, 2.75) is 45.8 Å². The summed E-state index contributed by atoms with van der Waals surface area (Å²) in [6.45, 7) is 11.2. The third-order valence-electron chi connectivity index (χ3n) is 6.36. The summed E-state index contributed by atoms with van der Waals surface area (Å²) >= 11 is 0. The van der Waals surface area contributed by atoms with Gasteiger partial charge in [0.2, 0.25) is 17.6 Å². The van der Waals surface area contributed by atoms with E-state index in [0.29, 0.717) is 31.9 Å². The molecule has 4 rings (SSSR count). The van der Waals surface area contributed by atoms with Gasteiger partial charge in [0.15, 0.2) is 0 Å². The molecule has 1 saturated heterocycles. The quantitative estimate of drug-likeness (QED) is 0.447. The molecule has 2 heterocycles. The Kier molecular flexibility index (Phi) is 9.03. The van der Waals surface area contributed by atoms with Gasteiger partial charge in [-0.3, -0.25) is 14.5 Å². The fourth-order valence-electron chi connectivity index (χ4n) is 4.37. The van der Waals surface area contributed by atoms with Crippen molar-refractivity contribution in [1.29, 1.82) is 0 Å². The van der Waals surface area contributed by atoms with Crippen LogP contribution in [0, 0.1) is 12.7 Å². The highest BCUT2D eigenvalue weighted by atomic mass is 19.1. The van der Waals surface area contributed by atoms with E-state index in [1.165, 1.54) is 16.9 Å². The number of hydrogen-bond donors (Lipinski definition) is 1. The molecule has 2 amide bonds. The Morgan fingerprint density at radius 1 is 1.08 bits per heavy atom. The minimum Gasteiger partial charge on any atom is -0.379 e. The smallest absolute Gasteiger partial charge is 0.247 e. The van der Waals surface area contributed by atoms with Gasteiger partial charge in [-0.15, -0.1) is 10.2 Å². The lowest BCUT2D eigenvalue weighted by atomic mass is 10.0. The van der Waals surface area contributed by atoms with Gasteiger partial charge in [-0.25, -0.2) is 4.39 Å². The summed E-state index contributed by atoms with van der Waals surface area (Å²) in [5, 5.41) is 15.5. The van der Waals surface area contributed by atoms with Gasteiger partial charge in [0.05, 0.1) is 13.2 Å². The van der Waals surface area contributed by atoms with Gasteiger partial charge in [0, 0.05) is 37.3 Å². The normalized spacial score (nSPS) is 15.1. The van der Waals surface area contributed by atoms with E-state index in [9.17, 15) is 14.0 Å². The molecule has 10 nitrogen and oxygen atoms in total. The highest BCUT2D eigenvalue weighted by Gasteiger charge is 2.34. The summed E-state index contributed by atoms with van der Waals surface area (Å²) in [7, 11) is 0. The zero-order valence-corrected chi connectivity index (χ0v) is 22.9. The lowest BCUT2D eigenvalue weighted by Gasteiger charge is -2.35. The fraction of sp³-hybridized carbons (Fsp3) is 0.464. The van der Waals surface area contributed by atoms with E-state index >= 15 is 0 Å². The number of tetrazole rings is 1. The number of carbonyl (C=O) groups excluding carboxylic acids is 2. The van der Waals surface area contributed by atoms with Crippen LogP contribution in [0.3, 0.4) is 0 Å². The molecule has 3 aromatic rings. The number of aryl methyl sites for hydroxylation is 1. The predicted octanol–water partition coefficient (Wildman–Crippen LogP) is 2.60. The molecule has 208 valence electrons. The number of carbonyl (C=O) groups is 2. The summed E-state index contributed by atoms with van der Waals surface area (Å²) in [6.07, 6.45) is 0. The SMILES string of the molecule is Cc1ccc(C(C(=O)NC(C)(C)C)N(CCN2CCOCC2)C(=O)Cn2nnc(-c3ccc(F)cc3)n2)cc1. The molecule has 1 unspecified atom stereocenters. The van der Waals surface area contributed by atoms with Crippen LogP contribution in [-0.4, -0.2) is 86.8 Å². The number of halogens is 1. The molecule has 0 spiro atoms. The van der Waals surface area contributed by atoms with Crippen LogP contribution in [0.4, 0.5) is 4.39 Å². The molecule has 1 aliphatic rings. The maximum Gasteiger partial charge on any atom is 0.247 e. The molecule has 1 aliphatic heterocycles. The monoisotopic (exact) mass is 537 g/mol. The van der Waals surface area contributed by atoms with Crippen molar-refractivity contribution in [1.82, 2.24) is 35.3 Å². The second-order valence-electron chi connectivity index (χ2n) is 10.7. The first-order valence-electron chi connectivity index (χ1n) is 13.1. The van der Waals surface area contributed by atoms with Crippen LogP contribution < -0.4 is 5.32 Å². The van der Waals surface area contributed by atoms with Crippen molar-refractivity contribution in [2.75, 3.05) is 39.4 Å². The average molecular weight is 538 g/mol. The van der Waals surface area contributed by atoms with Crippen molar-refractivity contribution in [3.63, 3.8) is 0 Å². The molecule has 39 heavy (non-hydrogen) atoms.